The number of benzene rings is 6. The molecule has 1 saturated heterocycles. The van der Waals surface area contributed by atoms with E-state index in [1.807, 2.05) is 30.3 Å². The van der Waals surface area contributed by atoms with Gasteiger partial charge in [0.2, 0.25) is 47.3 Å². The standard InChI is InChI=1S/C72H78N10O21S/c83-45-16-19-49-57(36-45)102-58-37-46(84)17-20-50(58)72(49)48-18-15-44(35-47(48)70(99)103-72)76-71(104)74-27-7-6-12-51-64(93)73-28-29-100-30-31-101-39-60(86)78-56(33-40-8-2-1-3-9-40)69(98)82-55(34-41-13-14-42-10-4-5-11-43(42)32-41)65(94)75-38-59(85)77-52(21-24-61(87)88)66(95)80-54(23-26-63(91)92)68(97)81-53(67(96)79-51)22-25-62(89)90/h1-5,8-11,13-20,32,35-37,51-56,83-84H,6-7,12,21-31,33-34,38-39H2,(H,73,93)(H,75,94)(H,77,85)(H,78,86)(H,79,96)(H,80,95)(H,81,97)(H,82,98)(H,87,88)(H,89,90)(H,91,92)(H2,74,76,104)/t51-,52-,53-,54-,55-,56-/m0/s1. The van der Waals surface area contributed by atoms with Crippen molar-refractivity contribution in [2.75, 3.05) is 51.4 Å². The summed E-state index contributed by atoms with van der Waals surface area (Å²) in [6, 6.07) is 25.6. The molecule has 31 nitrogen and oxygen atoms in total. The van der Waals surface area contributed by atoms with Gasteiger partial charge in [0.15, 0.2) is 10.7 Å². The first-order valence-electron chi connectivity index (χ1n) is 33.4. The molecule has 0 bridgehead atoms. The Morgan fingerprint density at radius 2 is 1.01 bits per heavy atom. The van der Waals surface area contributed by atoms with E-state index < -0.39 is 165 Å². The molecule has 3 heterocycles. The zero-order chi connectivity index (χ0) is 74.5. The van der Waals surface area contributed by atoms with Crippen molar-refractivity contribution in [3.8, 4) is 23.0 Å². The van der Waals surface area contributed by atoms with Crippen molar-refractivity contribution in [1.29, 1.82) is 0 Å². The molecule has 104 heavy (non-hydrogen) atoms. The Hall–Kier alpha value is -11.8. The van der Waals surface area contributed by atoms with Gasteiger partial charge in [-0.15, -0.1) is 0 Å². The third-order valence-corrected chi connectivity index (χ3v) is 17.4. The van der Waals surface area contributed by atoms with Crippen LogP contribution >= 0.6 is 12.2 Å². The lowest BCUT2D eigenvalue weighted by atomic mass is 9.77. The van der Waals surface area contributed by atoms with E-state index in [1.54, 1.807) is 72.8 Å². The number of rotatable bonds is 19. The molecule has 32 heteroatoms. The normalized spacial score (nSPS) is 20.1. The molecular formula is C72H78N10O21S. The van der Waals surface area contributed by atoms with Crippen LogP contribution in [0.5, 0.6) is 23.0 Å². The van der Waals surface area contributed by atoms with Crippen molar-refractivity contribution >= 4 is 105 Å². The first-order chi connectivity index (χ1) is 49.9. The quantitative estimate of drug-likeness (QED) is 0.0315. The number of carbonyl (C=O) groups is 12. The fraction of sp³-hybridized carbons (Fsp3) is 0.347. The number of carboxylic acids is 3. The van der Waals surface area contributed by atoms with Crippen molar-refractivity contribution in [1.82, 2.24) is 47.9 Å². The molecule has 0 unspecified atom stereocenters. The number of carboxylic acid groups (broad SMARTS) is 3. The SMILES string of the molecule is O=C(O)CC[C@@H]1NC(=O)CNC(=O)[C@H](Cc2ccc3ccccc3c2)NC(=O)[C@H](Cc2ccccc2)NC(=O)COCCOCCNC(=O)[C@H](CCCCNC(=S)Nc2ccc3c(c2)C(=O)OC32c3ccc(O)cc3Oc3cc(O)ccc32)NC(=O)[C@H](CCC(=O)O)NC(=O)[C@H](CCC(=O)O)NC1=O. The molecule has 0 saturated carbocycles. The van der Waals surface area contributed by atoms with E-state index >= 15 is 0 Å². The van der Waals surface area contributed by atoms with Gasteiger partial charge in [-0.1, -0.05) is 78.9 Å². The summed E-state index contributed by atoms with van der Waals surface area (Å²) in [7, 11) is 0. The number of anilines is 1. The number of aliphatic carboxylic acids is 3. The first kappa shape index (κ1) is 76.4. The van der Waals surface area contributed by atoms with E-state index in [0.717, 1.165) is 10.8 Å². The monoisotopic (exact) mass is 1450 g/mol. The highest BCUT2D eigenvalue weighted by Crippen LogP contribution is 2.57. The number of amides is 8. The lowest BCUT2D eigenvalue weighted by Crippen LogP contribution is -2.59. The van der Waals surface area contributed by atoms with Crippen molar-refractivity contribution in [2.45, 2.75) is 112 Å². The van der Waals surface area contributed by atoms with Crippen LogP contribution < -0.4 is 57.9 Å². The Morgan fingerprint density at radius 1 is 0.490 bits per heavy atom. The van der Waals surface area contributed by atoms with Gasteiger partial charge in [-0.2, -0.15) is 0 Å². The molecule has 548 valence electrons. The number of ether oxygens (including phenoxy) is 4. The van der Waals surface area contributed by atoms with E-state index in [-0.39, 0.29) is 92.3 Å². The van der Waals surface area contributed by atoms with Crippen LogP contribution in [0.1, 0.15) is 96.0 Å². The summed E-state index contributed by atoms with van der Waals surface area (Å²) in [4.78, 5) is 162. The molecule has 3 aliphatic rings. The van der Waals surface area contributed by atoms with Gasteiger partial charge in [-0.3, -0.25) is 52.7 Å². The number of carbonyl (C=O) groups excluding carboxylic acids is 9. The minimum Gasteiger partial charge on any atom is -0.508 e. The van der Waals surface area contributed by atoms with Gasteiger partial charge < -0.3 is 97.6 Å². The van der Waals surface area contributed by atoms with Gasteiger partial charge in [0.1, 0.15) is 65.9 Å². The number of fused-ring (bicyclic) bond motifs is 7. The van der Waals surface area contributed by atoms with Gasteiger partial charge in [-0.25, -0.2) is 4.79 Å². The summed E-state index contributed by atoms with van der Waals surface area (Å²) in [6.07, 6.45) is -3.88. The fourth-order valence-corrected chi connectivity index (χ4v) is 12.2. The largest absolute Gasteiger partial charge is 0.508 e. The molecule has 6 aromatic rings. The van der Waals surface area contributed by atoms with E-state index in [2.05, 4.69) is 53.2 Å². The average Bonchev–Trinajstić information content (AvgIpc) is 1.50. The Labute approximate surface area is 599 Å². The lowest BCUT2D eigenvalue weighted by molar-refractivity contribution is -0.140. The maximum atomic E-state index is 14.4. The molecule has 0 aliphatic carbocycles. The third-order valence-electron chi connectivity index (χ3n) is 17.1. The molecule has 1 fully saturated rings. The predicted molar refractivity (Wildman–Crippen MR) is 374 cm³/mol. The second-order valence-corrected chi connectivity index (χ2v) is 25.1. The third kappa shape index (κ3) is 20.9. The van der Waals surface area contributed by atoms with Crippen molar-refractivity contribution < 1.29 is 102 Å². The molecule has 1 spiro atoms. The predicted octanol–water partition coefficient (Wildman–Crippen LogP) is 2.54. The lowest BCUT2D eigenvalue weighted by Gasteiger charge is -2.36. The number of phenols is 2. The van der Waals surface area contributed by atoms with Crippen LogP contribution in [0.2, 0.25) is 0 Å². The van der Waals surface area contributed by atoms with Crippen LogP contribution in [0, 0.1) is 0 Å². The zero-order valence-corrected chi connectivity index (χ0v) is 56.8. The molecule has 0 radical (unpaired) electrons. The van der Waals surface area contributed by atoms with Crippen LogP contribution in [-0.4, -0.2) is 184 Å². The number of nitrogens with one attached hydrogen (secondary N) is 10. The summed E-state index contributed by atoms with van der Waals surface area (Å²) in [5.74, 6) is -12.5. The Bertz CT molecular complexity index is 4180. The van der Waals surface area contributed by atoms with Crippen LogP contribution in [0.4, 0.5) is 5.69 Å². The maximum Gasteiger partial charge on any atom is 0.340 e. The van der Waals surface area contributed by atoms with E-state index in [0.29, 0.717) is 39.9 Å². The van der Waals surface area contributed by atoms with Gasteiger partial charge in [0, 0.05) is 79.7 Å². The number of esters is 1. The van der Waals surface area contributed by atoms with Crippen molar-refractivity contribution in [3.63, 3.8) is 0 Å². The zero-order valence-electron chi connectivity index (χ0n) is 56.0. The highest BCUT2D eigenvalue weighted by atomic mass is 32.1. The Balaban J connectivity index is 0.898. The summed E-state index contributed by atoms with van der Waals surface area (Å²) in [6.45, 7) is -1.73. The topological polar surface area (TPSA) is 463 Å². The van der Waals surface area contributed by atoms with Crippen molar-refractivity contribution in [3.05, 3.63) is 161 Å². The second-order valence-electron chi connectivity index (χ2n) is 24.7. The number of hydrogen-bond donors (Lipinski definition) is 15. The Kier molecular flexibility index (Phi) is 26.6. The number of phenolic OH excluding ortho intramolecular Hbond substituents is 2. The van der Waals surface area contributed by atoms with Crippen LogP contribution in [0.15, 0.2) is 127 Å². The summed E-state index contributed by atoms with van der Waals surface area (Å²) < 4.78 is 23.5. The van der Waals surface area contributed by atoms with E-state index in [1.165, 1.54) is 24.3 Å². The number of thiocarbonyl (C=S) groups is 1. The smallest absolute Gasteiger partial charge is 0.340 e. The van der Waals surface area contributed by atoms with Crippen LogP contribution in [0.3, 0.4) is 0 Å². The molecule has 6 aromatic carbocycles. The second kappa shape index (κ2) is 36.2. The van der Waals surface area contributed by atoms with Gasteiger partial charge >= 0.3 is 23.9 Å². The van der Waals surface area contributed by atoms with Gasteiger partial charge in [-0.05, 0) is 109 Å². The summed E-state index contributed by atoms with van der Waals surface area (Å²) in [5.41, 5.74) is 1.58. The highest BCUT2D eigenvalue weighted by molar-refractivity contribution is 7.80. The molecule has 0 aromatic heterocycles. The molecular weight excluding hydrogens is 1370 g/mol. The molecule has 9 rings (SSSR count). The Morgan fingerprint density at radius 3 is 1.63 bits per heavy atom. The molecule has 15 N–H and O–H groups in total. The summed E-state index contributed by atoms with van der Waals surface area (Å²) in [5, 5.41) is 77.8. The number of hydrogen-bond acceptors (Lipinski definition) is 19. The molecule has 6 atom stereocenters. The minimum atomic E-state index is -1.84. The summed E-state index contributed by atoms with van der Waals surface area (Å²) >= 11 is 5.61. The van der Waals surface area contributed by atoms with Crippen LogP contribution in [-0.2, 0) is 85.4 Å². The molecule has 3 aliphatic heterocycles. The average molecular weight is 1450 g/mol. The van der Waals surface area contributed by atoms with E-state index in [4.69, 9.17) is 31.2 Å². The number of aromatic hydroxyl groups is 2. The van der Waals surface area contributed by atoms with Gasteiger partial charge in [0.25, 0.3) is 0 Å². The maximum absolute atomic E-state index is 14.4. The van der Waals surface area contributed by atoms with Gasteiger partial charge in [0.05, 0.1) is 31.9 Å². The molecule has 8 amide bonds. The first-order valence-corrected chi connectivity index (χ1v) is 33.8. The van der Waals surface area contributed by atoms with Crippen LogP contribution in [0.25, 0.3) is 10.8 Å². The highest BCUT2D eigenvalue weighted by Gasteiger charge is 2.54. The minimum absolute atomic E-state index is 0.0472. The van der Waals surface area contributed by atoms with Crippen molar-refractivity contribution in [2.24, 2.45) is 0 Å². The van der Waals surface area contributed by atoms with E-state index in [9.17, 15) is 83.1 Å². The fourth-order valence-electron chi connectivity index (χ4n) is 12.0. The number of unbranched alkanes of at least 4 members (excludes halogenated alkanes) is 1.